The van der Waals surface area contributed by atoms with Crippen LogP contribution >= 0.6 is 0 Å². The van der Waals surface area contributed by atoms with Crippen LogP contribution in [0.15, 0.2) is 24.3 Å². The van der Waals surface area contributed by atoms with E-state index < -0.39 is 5.60 Å². The van der Waals surface area contributed by atoms with E-state index in [0.29, 0.717) is 30.6 Å². The van der Waals surface area contributed by atoms with Crippen LogP contribution in [0.1, 0.15) is 66.7 Å². The molecule has 0 spiro atoms. The number of carbonyl (C=O) groups is 2. The minimum atomic E-state index is -0.576. The Bertz CT molecular complexity index is 641. The molecule has 1 aromatic rings. The van der Waals surface area contributed by atoms with Crippen LogP contribution in [-0.2, 0) is 0 Å². The molecule has 2 atom stereocenters. The van der Waals surface area contributed by atoms with Gasteiger partial charge in [-0.05, 0) is 57.4 Å². The summed E-state index contributed by atoms with van der Waals surface area (Å²) in [4.78, 5) is 26.6. The van der Waals surface area contributed by atoms with E-state index in [2.05, 4.69) is 5.32 Å². The zero-order chi connectivity index (χ0) is 18.0. The molecular formula is C20H28N2O3. The van der Waals surface area contributed by atoms with Crippen molar-refractivity contribution >= 4 is 11.8 Å². The summed E-state index contributed by atoms with van der Waals surface area (Å²) < 4.78 is 0. The summed E-state index contributed by atoms with van der Waals surface area (Å²) in [5.74, 6) is 0.0534. The lowest BCUT2D eigenvalue weighted by Gasteiger charge is -2.47. The van der Waals surface area contributed by atoms with Crippen molar-refractivity contribution in [2.75, 3.05) is 13.1 Å². The normalized spacial score (nSPS) is 26.2. The summed E-state index contributed by atoms with van der Waals surface area (Å²) >= 11 is 0. The standard InChI is InChI=1S/C20H28N2O3/c1-14(2)21-18(23)15-6-8-16(9-7-15)19(24)22-12-11-20(25)10-4-3-5-17(20)13-22/h6-9,14,17,25H,3-5,10-13H2,1-2H3,(H,21,23). The smallest absolute Gasteiger partial charge is 0.253 e. The van der Waals surface area contributed by atoms with Gasteiger partial charge in [0.05, 0.1) is 5.60 Å². The Hall–Kier alpha value is -1.88. The molecule has 2 aliphatic rings. The highest BCUT2D eigenvalue weighted by molar-refractivity contribution is 5.98. The second kappa shape index (κ2) is 7.16. The van der Waals surface area contributed by atoms with Crippen LogP contribution < -0.4 is 5.32 Å². The van der Waals surface area contributed by atoms with Crippen molar-refractivity contribution in [3.8, 4) is 0 Å². The van der Waals surface area contributed by atoms with Gasteiger partial charge in [-0.2, -0.15) is 0 Å². The highest BCUT2D eigenvalue weighted by Crippen LogP contribution is 2.40. The van der Waals surface area contributed by atoms with E-state index in [0.717, 1.165) is 25.7 Å². The van der Waals surface area contributed by atoms with Crippen LogP contribution in [-0.4, -0.2) is 46.6 Å². The van der Waals surface area contributed by atoms with Gasteiger partial charge in [-0.25, -0.2) is 0 Å². The number of aliphatic hydroxyl groups is 1. The Labute approximate surface area is 149 Å². The number of piperidine rings is 1. The molecule has 0 bridgehead atoms. The van der Waals surface area contributed by atoms with E-state index in [-0.39, 0.29) is 23.8 Å². The molecule has 2 N–H and O–H groups in total. The number of fused-ring (bicyclic) bond motifs is 1. The van der Waals surface area contributed by atoms with Gasteiger partial charge in [-0.1, -0.05) is 12.8 Å². The van der Waals surface area contributed by atoms with Gasteiger partial charge in [0.25, 0.3) is 11.8 Å². The molecule has 5 heteroatoms. The van der Waals surface area contributed by atoms with E-state index >= 15 is 0 Å². The maximum absolute atomic E-state index is 12.8. The number of hydrogen-bond donors (Lipinski definition) is 2. The van der Waals surface area contributed by atoms with E-state index in [4.69, 9.17) is 0 Å². The van der Waals surface area contributed by atoms with Crippen molar-refractivity contribution in [1.82, 2.24) is 10.2 Å². The molecule has 25 heavy (non-hydrogen) atoms. The average molecular weight is 344 g/mol. The number of hydrogen-bond acceptors (Lipinski definition) is 3. The minimum absolute atomic E-state index is 0.0107. The SMILES string of the molecule is CC(C)NC(=O)c1ccc(C(=O)N2CCC3(O)CCCCC3C2)cc1. The van der Waals surface area contributed by atoms with Crippen molar-refractivity contribution in [3.05, 3.63) is 35.4 Å². The molecule has 1 aliphatic heterocycles. The van der Waals surface area contributed by atoms with Crippen LogP contribution in [0.5, 0.6) is 0 Å². The van der Waals surface area contributed by atoms with Crippen LogP contribution in [0.25, 0.3) is 0 Å². The quantitative estimate of drug-likeness (QED) is 0.885. The van der Waals surface area contributed by atoms with Gasteiger partial charge >= 0.3 is 0 Å². The average Bonchev–Trinajstić information content (AvgIpc) is 2.60. The maximum Gasteiger partial charge on any atom is 0.253 e. The third-order valence-corrected chi connectivity index (χ3v) is 5.53. The Morgan fingerprint density at radius 3 is 2.52 bits per heavy atom. The van der Waals surface area contributed by atoms with Crippen LogP contribution in [0.2, 0.25) is 0 Å². The van der Waals surface area contributed by atoms with E-state index in [1.807, 2.05) is 18.7 Å². The molecule has 1 saturated heterocycles. The Morgan fingerprint density at radius 2 is 1.84 bits per heavy atom. The highest BCUT2D eigenvalue weighted by atomic mass is 16.3. The van der Waals surface area contributed by atoms with Crippen molar-refractivity contribution in [2.45, 2.75) is 57.6 Å². The van der Waals surface area contributed by atoms with E-state index in [9.17, 15) is 14.7 Å². The van der Waals surface area contributed by atoms with Gasteiger partial charge in [0, 0.05) is 36.2 Å². The Balaban J connectivity index is 1.66. The number of nitrogens with one attached hydrogen (secondary N) is 1. The first-order valence-corrected chi connectivity index (χ1v) is 9.31. The molecule has 2 fully saturated rings. The zero-order valence-corrected chi connectivity index (χ0v) is 15.1. The number of rotatable bonds is 3. The zero-order valence-electron chi connectivity index (χ0n) is 15.1. The lowest BCUT2D eigenvalue weighted by molar-refractivity contribution is -0.0886. The molecule has 3 rings (SSSR count). The molecule has 2 unspecified atom stereocenters. The summed E-state index contributed by atoms with van der Waals surface area (Å²) in [6, 6.07) is 6.92. The summed E-state index contributed by atoms with van der Waals surface area (Å²) in [5, 5.41) is 13.6. The summed E-state index contributed by atoms with van der Waals surface area (Å²) in [5.41, 5.74) is 0.585. The number of nitrogens with zero attached hydrogens (tertiary/aromatic N) is 1. The second-order valence-electron chi connectivity index (χ2n) is 7.75. The first kappa shape index (κ1) is 17.9. The van der Waals surface area contributed by atoms with Gasteiger partial charge in [-0.15, -0.1) is 0 Å². The number of carbonyl (C=O) groups excluding carboxylic acids is 2. The maximum atomic E-state index is 12.8. The van der Waals surface area contributed by atoms with Crippen LogP contribution in [0.4, 0.5) is 0 Å². The van der Waals surface area contributed by atoms with Gasteiger partial charge in [0.2, 0.25) is 0 Å². The first-order valence-electron chi connectivity index (χ1n) is 9.31. The predicted octanol–water partition coefficient (Wildman–Crippen LogP) is 2.59. The second-order valence-corrected chi connectivity index (χ2v) is 7.75. The molecule has 5 nitrogen and oxygen atoms in total. The molecule has 0 radical (unpaired) electrons. The molecular weight excluding hydrogens is 316 g/mol. The first-order chi connectivity index (χ1) is 11.9. The number of benzene rings is 1. The molecule has 1 aliphatic carbocycles. The van der Waals surface area contributed by atoms with Gasteiger partial charge in [0.1, 0.15) is 0 Å². The summed E-state index contributed by atoms with van der Waals surface area (Å²) in [6.45, 7) is 5.06. The topological polar surface area (TPSA) is 69.6 Å². The van der Waals surface area contributed by atoms with Gasteiger partial charge < -0.3 is 15.3 Å². The third kappa shape index (κ3) is 3.87. The molecule has 1 heterocycles. The molecule has 0 aromatic heterocycles. The van der Waals surface area contributed by atoms with E-state index in [1.165, 1.54) is 0 Å². The number of amides is 2. The lowest BCUT2D eigenvalue weighted by atomic mass is 9.71. The van der Waals surface area contributed by atoms with Crippen molar-refractivity contribution < 1.29 is 14.7 Å². The van der Waals surface area contributed by atoms with Crippen molar-refractivity contribution in [2.24, 2.45) is 5.92 Å². The van der Waals surface area contributed by atoms with Crippen LogP contribution in [0, 0.1) is 5.92 Å². The molecule has 1 saturated carbocycles. The summed E-state index contributed by atoms with van der Waals surface area (Å²) in [7, 11) is 0. The molecule has 136 valence electrons. The third-order valence-electron chi connectivity index (χ3n) is 5.53. The Morgan fingerprint density at radius 1 is 1.16 bits per heavy atom. The largest absolute Gasteiger partial charge is 0.389 e. The van der Waals surface area contributed by atoms with Crippen molar-refractivity contribution in [1.29, 1.82) is 0 Å². The minimum Gasteiger partial charge on any atom is -0.389 e. The fourth-order valence-electron chi connectivity index (χ4n) is 4.05. The Kier molecular flexibility index (Phi) is 5.13. The molecule has 2 amide bonds. The monoisotopic (exact) mass is 344 g/mol. The highest BCUT2D eigenvalue weighted by Gasteiger charge is 2.43. The van der Waals surface area contributed by atoms with Gasteiger partial charge in [-0.3, -0.25) is 9.59 Å². The number of likely N-dealkylation sites (tertiary alicyclic amines) is 1. The summed E-state index contributed by atoms with van der Waals surface area (Å²) in [6.07, 6.45) is 4.74. The van der Waals surface area contributed by atoms with Crippen LogP contribution in [0.3, 0.4) is 0 Å². The van der Waals surface area contributed by atoms with E-state index in [1.54, 1.807) is 24.3 Å². The fourth-order valence-corrected chi connectivity index (χ4v) is 4.05. The van der Waals surface area contributed by atoms with Gasteiger partial charge in [0.15, 0.2) is 0 Å². The fraction of sp³-hybridized carbons (Fsp3) is 0.600. The van der Waals surface area contributed by atoms with Crippen molar-refractivity contribution in [3.63, 3.8) is 0 Å². The lowest BCUT2D eigenvalue weighted by Crippen LogP contribution is -2.54. The predicted molar refractivity (Wildman–Crippen MR) is 96.5 cm³/mol. The molecule has 1 aromatic carbocycles.